The molecule has 3 rings (SSSR count). The Morgan fingerprint density at radius 1 is 1.38 bits per heavy atom. The van der Waals surface area contributed by atoms with Gasteiger partial charge in [-0.05, 0) is 18.1 Å². The van der Waals surface area contributed by atoms with E-state index < -0.39 is 12.0 Å². The molecule has 0 aromatic heterocycles. The standard InChI is InChI=1S/C13H13NO2/c15-13(16)12-10-6-3-5-8(10)9-4-1-2-7-11(9)14-12/h1-5,7-8,10,12,14H,6H2,(H,15,16)/t8-,10-,12+/m0/s1. The first-order chi connectivity index (χ1) is 7.77. The first-order valence-corrected chi connectivity index (χ1v) is 5.52. The first kappa shape index (κ1) is 9.46. The fraction of sp³-hybridized carbons (Fsp3) is 0.308. The van der Waals surface area contributed by atoms with Gasteiger partial charge in [-0.25, -0.2) is 4.79 Å². The van der Waals surface area contributed by atoms with Gasteiger partial charge in [0, 0.05) is 17.5 Å². The van der Waals surface area contributed by atoms with Crippen LogP contribution in [-0.2, 0) is 4.79 Å². The summed E-state index contributed by atoms with van der Waals surface area (Å²) in [5.41, 5.74) is 2.18. The molecule has 1 heterocycles. The Morgan fingerprint density at radius 2 is 2.19 bits per heavy atom. The van der Waals surface area contributed by atoms with Crippen molar-refractivity contribution in [1.29, 1.82) is 0 Å². The summed E-state index contributed by atoms with van der Waals surface area (Å²) in [6.45, 7) is 0. The van der Waals surface area contributed by atoms with Gasteiger partial charge in [0.1, 0.15) is 6.04 Å². The molecule has 0 saturated carbocycles. The molecule has 1 aromatic carbocycles. The van der Waals surface area contributed by atoms with Crippen LogP contribution in [0.2, 0.25) is 0 Å². The maximum atomic E-state index is 11.2. The molecule has 3 nitrogen and oxygen atoms in total. The largest absolute Gasteiger partial charge is 0.480 e. The average Bonchev–Trinajstić information content (AvgIpc) is 2.76. The molecule has 1 aromatic rings. The Hall–Kier alpha value is -1.77. The minimum atomic E-state index is -0.756. The van der Waals surface area contributed by atoms with E-state index in [0.29, 0.717) is 0 Å². The van der Waals surface area contributed by atoms with Crippen LogP contribution in [0.4, 0.5) is 5.69 Å². The van der Waals surface area contributed by atoms with Crippen molar-refractivity contribution in [3.05, 3.63) is 42.0 Å². The van der Waals surface area contributed by atoms with Gasteiger partial charge in [0.05, 0.1) is 0 Å². The molecule has 1 aliphatic heterocycles. The lowest BCUT2D eigenvalue weighted by Gasteiger charge is -2.34. The Balaban J connectivity index is 2.08. The number of rotatable bonds is 1. The molecule has 3 heteroatoms. The Kier molecular flexibility index (Phi) is 1.99. The first-order valence-electron chi connectivity index (χ1n) is 5.52. The van der Waals surface area contributed by atoms with Gasteiger partial charge >= 0.3 is 5.97 Å². The summed E-state index contributed by atoms with van der Waals surface area (Å²) < 4.78 is 0. The number of hydrogen-bond acceptors (Lipinski definition) is 2. The quantitative estimate of drug-likeness (QED) is 0.706. The van der Waals surface area contributed by atoms with E-state index in [0.717, 1.165) is 12.1 Å². The molecule has 0 fully saturated rings. The van der Waals surface area contributed by atoms with Crippen molar-refractivity contribution in [3.8, 4) is 0 Å². The van der Waals surface area contributed by atoms with Gasteiger partial charge in [-0.1, -0.05) is 30.4 Å². The highest BCUT2D eigenvalue weighted by Gasteiger charge is 2.40. The van der Waals surface area contributed by atoms with Crippen molar-refractivity contribution in [3.63, 3.8) is 0 Å². The van der Waals surface area contributed by atoms with E-state index in [1.54, 1.807) is 0 Å². The van der Waals surface area contributed by atoms with Crippen LogP contribution in [0, 0.1) is 5.92 Å². The summed E-state index contributed by atoms with van der Waals surface area (Å²) in [6, 6.07) is 7.51. The topological polar surface area (TPSA) is 49.3 Å². The van der Waals surface area contributed by atoms with Gasteiger partial charge < -0.3 is 10.4 Å². The van der Waals surface area contributed by atoms with E-state index in [9.17, 15) is 9.90 Å². The number of allylic oxidation sites excluding steroid dienone is 2. The lowest BCUT2D eigenvalue weighted by Crippen LogP contribution is -2.41. The molecule has 0 unspecified atom stereocenters. The summed E-state index contributed by atoms with van der Waals surface area (Å²) in [5.74, 6) is -0.334. The smallest absolute Gasteiger partial charge is 0.326 e. The number of hydrogen-bond donors (Lipinski definition) is 2. The van der Waals surface area contributed by atoms with Crippen LogP contribution >= 0.6 is 0 Å². The van der Waals surface area contributed by atoms with Crippen LogP contribution in [0.1, 0.15) is 17.9 Å². The molecule has 0 saturated heterocycles. The SMILES string of the molecule is O=C(O)[C@@H]1Nc2ccccc2[C@@H]2C=CC[C@H]12. The van der Waals surface area contributed by atoms with E-state index >= 15 is 0 Å². The molecule has 0 radical (unpaired) electrons. The molecule has 0 bridgehead atoms. The minimum Gasteiger partial charge on any atom is -0.480 e. The van der Waals surface area contributed by atoms with E-state index in [1.807, 2.05) is 18.2 Å². The molecular formula is C13H13NO2. The summed E-state index contributed by atoms with van der Waals surface area (Å²) in [7, 11) is 0. The van der Waals surface area contributed by atoms with E-state index in [-0.39, 0.29) is 11.8 Å². The molecule has 16 heavy (non-hydrogen) atoms. The van der Waals surface area contributed by atoms with Crippen LogP contribution in [0.5, 0.6) is 0 Å². The van der Waals surface area contributed by atoms with Crippen LogP contribution in [0.3, 0.4) is 0 Å². The zero-order valence-corrected chi connectivity index (χ0v) is 8.76. The summed E-state index contributed by atoms with van der Waals surface area (Å²) in [5, 5.41) is 12.3. The fourth-order valence-electron chi connectivity index (χ4n) is 2.79. The number of aliphatic carboxylic acids is 1. The Labute approximate surface area is 93.8 Å². The second kappa shape index (κ2) is 3.37. The van der Waals surface area contributed by atoms with E-state index in [2.05, 4.69) is 23.5 Å². The van der Waals surface area contributed by atoms with Crippen LogP contribution in [-0.4, -0.2) is 17.1 Å². The third kappa shape index (κ3) is 1.24. The van der Waals surface area contributed by atoms with E-state index in [4.69, 9.17) is 0 Å². The molecule has 2 N–H and O–H groups in total. The predicted molar refractivity (Wildman–Crippen MR) is 61.5 cm³/mol. The number of anilines is 1. The molecule has 2 aliphatic rings. The van der Waals surface area contributed by atoms with Gasteiger partial charge in [-0.15, -0.1) is 0 Å². The molecule has 82 valence electrons. The average molecular weight is 215 g/mol. The third-order valence-electron chi connectivity index (χ3n) is 3.54. The van der Waals surface area contributed by atoms with Crippen molar-refractivity contribution in [2.45, 2.75) is 18.4 Å². The Bertz CT molecular complexity index is 467. The van der Waals surface area contributed by atoms with Crippen molar-refractivity contribution in [2.75, 3.05) is 5.32 Å². The second-order valence-corrected chi connectivity index (χ2v) is 4.40. The fourth-order valence-corrected chi connectivity index (χ4v) is 2.79. The summed E-state index contributed by atoms with van der Waals surface area (Å²) in [4.78, 5) is 11.2. The minimum absolute atomic E-state index is 0.160. The van der Waals surface area contributed by atoms with Gasteiger partial charge in [0.25, 0.3) is 0 Å². The molecule has 0 spiro atoms. The molecule has 0 amide bonds. The summed E-state index contributed by atoms with van der Waals surface area (Å²) >= 11 is 0. The van der Waals surface area contributed by atoms with Crippen molar-refractivity contribution < 1.29 is 9.90 Å². The number of benzene rings is 1. The van der Waals surface area contributed by atoms with Gasteiger partial charge in [0.2, 0.25) is 0 Å². The lowest BCUT2D eigenvalue weighted by molar-refractivity contribution is -0.139. The van der Waals surface area contributed by atoms with Gasteiger partial charge in [-0.3, -0.25) is 0 Å². The zero-order chi connectivity index (χ0) is 11.1. The van der Waals surface area contributed by atoms with Crippen LogP contribution in [0.25, 0.3) is 0 Å². The van der Waals surface area contributed by atoms with E-state index in [1.165, 1.54) is 5.56 Å². The number of carboxylic acid groups (broad SMARTS) is 1. The van der Waals surface area contributed by atoms with Crippen LogP contribution < -0.4 is 5.32 Å². The number of carbonyl (C=O) groups is 1. The second-order valence-electron chi connectivity index (χ2n) is 4.40. The van der Waals surface area contributed by atoms with Crippen molar-refractivity contribution in [1.82, 2.24) is 0 Å². The normalized spacial score (nSPS) is 30.4. The maximum Gasteiger partial charge on any atom is 0.326 e. The number of nitrogens with one attached hydrogen (secondary N) is 1. The predicted octanol–water partition coefficient (Wildman–Crippen LogP) is 2.22. The van der Waals surface area contributed by atoms with Gasteiger partial charge in [0.15, 0.2) is 0 Å². The highest BCUT2D eigenvalue weighted by atomic mass is 16.4. The van der Waals surface area contributed by atoms with Crippen LogP contribution in [0.15, 0.2) is 36.4 Å². The molecule has 1 aliphatic carbocycles. The maximum absolute atomic E-state index is 11.2. The third-order valence-corrected chi connectivity index (χ3v) is 3.54. The summed E-state index contributed by atoms with van der Waals surface area (Å²) in [6.07, 6.45) is 5.08. The highest BCUT2D eigenvalue weighted by Crippen LogP contribution is 2.44. The number of carboxylic acids is 1. The molecular weight excluding hydrogens is 202 g/mol. The zero-order valence-electron chi connectivity index (χ0n) is 8.76. The van der Waals surface area contributed by atoms with Crippen molar-refractivity contribution in [2.24, 2.45) is 5.92 Å². The highest BCUT2D eigenvalue weighted by molar-refractivity contribution is 5.80. The number of para-hydroxylation sites is 1. The lowest BCUT2D eigenvalue weighted by atomic mass is 9.79. The van der Waals surface area contributed by atoms with Gasteiger partial charge in [-0.2, -0.15) is 0 Å². The van der Waals surface area contributed by atoms with Crippen molar-refractivity contribution >= 4 is 11.7 Å². The monoisotopic (exact) mass is 215 g/mol. The molecule has 3 atom stereocenters. The number of fused-ring (bicyclic) bond motifs is 3. The Morgan fingerprint density at radius 3 is 3.00 bits per heavy atom.